The SMILES string of the molecule is Cc1ccccc1-n1ncc(N)c1C(F)F.Cl. The lowest BCUT2D eigenvalue weighted by Gasteiger charge is -2.09. The van der Waals surface area contributed by atoms with Crippen molar-refractivity contribution in [2.24, 2.45) is 0 Å². The average molecular weight is 260 g/mol. The molecule has 0 aliphatic rings. The number of nitrogen functional groups attached to an aromatic ring is 1. The van der Waals surface area contributed by atoms with Crippen molar-refractivity contribution in [1.82, 2.24) is 9.78 Å². The summed E-state index contributed by atoms with van der Waals surface area (Å²) in [5.74, 6) is 0. The highest BCUT2D eigenvalue weighted by Crippen LogP contribution is 2.28. The van der Waals surface area contributed by atoms with Crippen LogP contribution in [0.25, 0.3) is 5.69 Å². The van der Waals surface area contributed by atoms with Crippen LogP contribution in [-0.4, -0.2) is 9.78 Å². The van der Waals surface area contributed by atoms with Gasteiger partial charge in [-0.05, 0) is 18.6 Å². The van der Waals surface area contributed by atoms with E-state index < -0.39 is 6.43 Å². The largest absolute Gasteiger partial charge is 0.396 e. The number of para-hydroxylation sites is 1. The lowest BCUT2D eigenvalue weighted by atomic mass is 10.2. The number of hydrogen-bond acceptors (Lipinski definition) is 2. The molecular formula is C11H12ClF2N3. The van der Waals surface area contributed by atoms with E-state index in [1.807, 2.05) is 19.1 Å². The van der Waals surface area contributed by atoms with Crippen LogP contribution in [0.4, 0.5) is 14.5 Å². The Balaban J connectivity index is 0.00000144. The number of nitrogens with two attached hydrogens (primary N) is 1. The van der Waals surface area contributed by atoms with Gasteiger partial charge in [0.2, 0.25) is 0 Å². The third kappa shape index (κ3) is 2.39. The Kier molecular flexibility index (Phi) is 4.07. The minimum absolute atomic E-state index is 0. The number of hydrogen-bond donors (Lipinski definition) is 1. The van der Waals surface area contributed by atoms with E-state index in [2.05, 4.69) is 5.10 Å². The molecule has 2 N–H and O–H groups in total. The fraction of sp³-hybridized carbons (Fsp3) is 0.182. The van der Waals surface area contributed by atoms with Gasteiger partial charge in [-0.2, -0.15) is 5.10 Å². The Morgan fingerprint density at radius 3 is 2.53 bits per heavy atom. The van der Waals surface area contributed by atoms with Gasteiger partial charge >= 0.3 is 0 Å². The van der Waals surface area contributed by atoms with Crippen LogP contribution >= 0.6 is 12.4 Å². The van der Waals surface area contributed by atoms with Gasteiger partial charge in [0.15, 0.2) is 0 Å². The van der Waals surface area contributed by atoms with E-state index in [1.54, 1.807) is 12.1 Å². The molecule has 0 radical (unpaired) electrons. The summed E-state index contributed by atoms with van der Waals surface area (Å²) in [6, 6.07) is 7.18. The molecule has 0 atom stereocenters. The maximum atomic E-state index is 12.8. The molecule has 1 aromatic heterocycles. The predicted octanol–water partition coefficient (Wildman–Crippen LogP) is 3.12. The van der Waals surface area contributed by atoms with E-state index in [0.29, 0.717) is 5.69 Å². The van der Waals surface area contributed by atoms with Crippen LogP contribution in [0, 0.1) is 6.92 Å². The molecule has 3 nitrogen and oxygen atoms in total. The molecule has 0 saturated carbocycles. The maximum absolute atomic E-state index is 12.8. The minimum Gasteiger partial charge on any atom is -0.396 e. The highest BCUT2D eigenvalue weighted by atomic mass is 35.5. The summed E-state index contributed by atoms with van der Waals surface area (Å²) in [5, 5.41) is 3.88. The zero-order valence-corrected chi connectivity index (χ0v) is 9.92. The van der Waals surface area contributed by atoms with Crippen molar-refractivity contribution < 1.29 is 8.78 Å². The lowest BCUT2D eigenvalue weighted by molar-refractivity contribution is 0.143. The Morgan fingerprint density at radius 1 is 1.29 bits per heavy atom. The van der Waals surface area contributed by atoms with Crippen molar-refractivity contribution in [3.63, 3.8) is 0 Å². The number of alkyl halides is 2. The van der Waals surface area contributed by atoms with Crippen LogP contribution in [-0.2, 0) is 0 Å². The summed E-state index contributed by atoms with van der Waals surface area (Å²) in [6.45, 7) is 1.84. The highest BCUT2D eigenvalue weighted by molar-refractivity contribution is 5.85. The first kappa shape index (κ1) is 13.4. The summed E-state index contributed by atoms with van der Waals surface area (Å²) in [5.41, 5.74) is 6.71. The molecular weight excluding hydrogens is 248 g/mol. The van der Waals surface area contributed by atoms with E-state index in [-0.39, 0.29) is 23.8 Å². The van der Waals surface area contributed by atoms with Gasteiger partial charge in [-0.15, -0.1) is 12.4 Å². The number of benzene rings is 1. The molecule has 0 unspecified atom stereocenters. The molecule has 0 bridgehead atoms. The van der Waals surface area contributed by atoms with Gasteiger partial charge in [0, 0.05) is 0 Å². The number of nitrogens with zero attached hydrogens (tertiary/aromatic N) is 2. The number of rotatable bonds is 2. The molecule has 17 heavy (non-hydrogen) atoms. The molecule has 2 aromatic rings. The van der Waals surface area contributed by atoms with E-state index >= 15 is 0 Å². The Morgan fingerprint density at radius 2 is 1.94 bits per heavy atom. The molecule has 6 heteroatoms. The van der Waals surface area contributed by atoms with Crippen LogP contribution in [0.3, 0.4) is 0 Å². The zero-order chi connectivity index (χ0) is 11.7. The maximum Gasteiger partial charge on any atom is 0.282 e. The molecule has 2 rings (SSSR count). The highest BCUT2D eigenvalue weighted by Gasteiger charge is 2.19. The standard InChI is InChI=1S/C11H11F2N3.ClH/c1-7-4-2-3-5-9(7)16-10(11(12)13)8(14)6-15-16;/h2-6,11H,14H2,1H3;1H. The first-order chi connectivity index (χ1) is 7.61. The second-order valence-electron chi connectivity index (χ2n) is 3.48. The fourth-order valence-corrected chi connectivity index (χ4v) is 1.58. The lowest BCUT2D eigenvalue weighted by Crippen LogP contribution is -2.05. The van der Waals surface area contributed by atoms with Crippen LogP contribution in [0.15, 0.2) is 30.5 Å². The number of aryl methyl sites for hydroxylation is 1. The van der Waals surface area contributed by atoms with Crippen LogP contribution < -0.4 is 5.73 Å². The smallest absolute Gasteiger partial charge is 0.282 e. The Bertz CT molecular complexity index is 511. The van der Waals surface area contributed by atoms with E-state index in [0.717, 1.165) is 5.56 Å². The molecule has 1 heterocycles. The third-order valence-corrected chi connectivity index (χ3v) is 2.39. The van der Waals surface area contributed by atoms with Crippen molar-refractivity contribution in [3.05, 3.63) is 41.7 Å². The minimum atomic E-state index is -2.64. The molecule has 0 amide bonds. The van der Waals surface area contributed by atoms with E-state index in [1.165, 1.54) is 10.9 Å². The average Bonchev–Trinajstić information content (AvgIpc) is 2.61. The number of halogens is 3. The molecule has 0 aliphatic carbocycles. The summed E-state index contributed by atoms with van der Waals surface area (Å²) in [7, 11) is 0. The van der Waals surface area contributed by atoms with Gasteiger partial charge in [0.25, 0.3) is 6.43 Å². The molecule has 0 saturated heterocycles. The molecule has 1 aromatic carbocycles. The summed E-state index contributed by atoms with van der Waals surface area (Å²) in [4.78, 5) is 0. The summed E-state index contributed by atoms with van der Waals surface area (Å²) < 4.78 is 26.8. The number of anilines is 1. The van der Waals surface area contributed by atoms with Crippen molar-refractivity contribution in [2.45, 2.75) is 13.3 Å². The second-order valence-corrected chi connectivity index (χ2v) is 3.48. The van der Waals surface area contributed by atoms with Crippen molar-refractivity contribution in [3.8, 4) is 5.69 Å². The normalized spacial score (nSPS) is 10.4. The van der Waals surface area contributed by atoms with Crippen LogP contribution in [0.5, 0.6) is 0 Å². The first-order valence-corrected chi connectivity index (χ1v) is 4.79. The number of aromatic nitrogens is 2. The van der Waals surface area contributed by atoms with Crippen molar-refractivity contribution in [2.75, 3.05) is 5.73 Å². The van der Waals surface area contributed by atoms with E-state index in [4.69, 9.17) is 5.73 Å². The topological polar surface area (TPSA) is 43.8 Å². The van der Waals surface area contributed by atoms with Crippen molar-refractivity contribution >= 4 is 18.1 Å². The molecule has 0 fully saturated rings. The van der Waals surface area contributed by atoms with Gasteiger partial charge in [-0.1, -0.05) is 18.2 Å². The summed E-state index contributed by atoms with van der Waals surface area (Å²) in [6.07, 6.45) is -1.39. The Hall–Kier alpha value is -1.62. The van der Waals surface area contributed by atoms with Gasteiger partial charge < -0.3 is 5.73 Å². The van der Waals surface area contributed by atoms with Gasteiger partial charge in [0.1, 0.15) is 5.69 Å². The summed E-state index contributed by atoms with van der Waals surface area (Å²) >= 11 is 0. The van der Waals surface area contributed by atoms with Gasteiger partial charge in [-0.3, -0.25) is 0 Å². The third-order valence-electron chi connectivity index (χ3n) is 2.39. The molecule has 0 spiro atoms. The Labute approximate surface area is 104 Å². The predicted molar refractivity (Wildman–Crippen MR) is 64.9 cm³/mol. The van der Waals surface area contributed by atoms with Crippen LogP contribution in [0.1, 0.15) is 17.7 Å². The molecule has 92 valence electrons. The fourth-order valence-electron chi connectivity index (χ4n) is 1.58. The van der Waals surface area contributed by atoms with Gasteiger partial charge in [-0.25, -0.2) is 13.5 Å². The second kappa shape index (κ2) is 5.14. The molecule has 0 aliphatic heterocycles. The van der Waals surface area contributed by atoms with Crippen molar-refractivity contribution in [1.29, 1.82) is 0 Å². The van der Waals surface area contributed by atoms with Gasteiger partial charge in [0.05, 0.1) is 17.6 Å². The quantitative estimate of drug-likeness (QED) is 0.901. The van der Waals surface area contributed by atoms with E-state index in [9.17, 15) is 8.78 Å². The zero-order valence-electron chi connectivity index (χ0n) is 9.10. The monoisotopic (exact) mass is 259 g/mol. The van der Waals surface area contributed by atoms with Crippen LogP contribution in [0.2, 0.25) is 0 Å². The first-order valence-electron chi connectivity index (χ1n) is 4.79.